The van der Waals surface area contributed by atoms with Crippen LogP contribution in [-0.2, 0) is 9.16 Å². The number of hydrogen-bond donors (Lipinski definition) is 1. The molecule has 0 aromatic carbocycles. The first kappa shape index (κ1) is 14.5. The minimum absolute atomic E-state index is 0.0308. The molecule has 0 saturated carbocycles. The standard InChI is InChI=1S/C11H23NO4Si/c1-5-15-11(14)12-7-10(6-9(12)8-13)16-17(2,3)4/h9-10,13H,5-8H2,1-4H3. The third-order valence-corrected chi connectivity index (χ3v) is 3.65. The normalized spacial score (nSPS) is 25.1. The van der Waals surface area contributed by atoms with Gasteiger partial charge in [0.25, 0.3) is 0 Å². The Labute approximate surface area is 104 Å². The molecule has 1 aliphatic rings. The van der Waals surface area contributed by atoms with E-state index in [2.05, 4.69) is 19.6 Å². The van der Waals surface area contributed by atoms with Crippen LogP contribution in [0.25, 0.3) is 0 Å². The molecule has 1 heterocycles. The lowest BCUT2D eigenvalue weighted by molar-refractivity contribution is 0.0865. The molecule has 100 valence electrons. The second-order valence-corrected chi connectivity index (χ2v) is 9.74. The Balaban J connectivity index is 2.58. The van der Waals surface area contributed by atoms with Gasteiger partial charge in [0.05, 0.1) is 25.4 Å². The molecule has 5 nitrogen and oxygen atoms in total. The number of amides is 1. The molecule has 0 spiro atoms. The van der Waals surface area contributed by atoms with Crippen LogP contribution >= 0.6 is 0 Å². The zero-order valence-corrected chi connectivity index (χ0v) is 12.1. The Bertz CT molecular complexity index is 267. The summed E-state index contributed by atoms with van der Waals surface area (Å²) in [5.41, 5.74) is 0. The molecular weight excluding hydrogens is 238 g/mol. The lowest BCUT2D eigenvalue weighted by Crippen LogP contribution is -2.39. The van der Waals surface area contributed by atoms with E-state index in [0.29, 0.717) is 19.6 Å². The van der Waals surface area contributed by atoms with Crippen LogP contribution in [0.3, 0.4) is 0 Å². The number of aliphatic hydroxyl groups is 1. The van der Waals surface area contributed by atoms with Crippen molar-refractivity contribution in [3.05, 3.63) is 0 Å². The van der Waals surface area contributed by atoms with Crippen molar-refractivity contribution < 1.29 is 19.1 Å². The van der Waals surface area contributed by atoms with Crippen LogP contribution in [0, 0.1) is 0 Å². The molecule has 17 heavy (non-hydrogen) atoms. The molecule has 0 bridgehead atoms. The molecular formula is C11H23NO4Si. The average molecular weight is 261 g/mol. The summed E-state index contributed by atoms with van der Waals surface area (Å²) in [5, 5.41) is 9.28. The molecule has 1 rings (SSSR count). The maximum atomic E-state index is 11.7. The highest BCUT2D eigenvalue weighted by atomic mass is 28.4. The first-order valence-corrected chi connectivity index (χ1v) is 9.50. The molecule has 0 aliphatic carbocycles. The fourth-order valence-electron chi connectivity index (χ4n) is 2.06. The van der Waals surface area contributed by atoms with E-state index in [9.17, 15) is 9.90 Å². The van der Waals surface area contributed by atoms with E-state index in [-0.39, 0.29) is 24.8 Å². The summed E-state index contributed by atoms with van der Waals surface area (Å²) in [5.74, 6) is 0. The predicted octanol–water partition coefficient (Wildman–Crippen LogP) is 1.43. The maximum absolute atomic E-state index is 11.7. The van der Waals surface area contributed by atoms with Crippen LogP contribution in [0.4, 0.5) is 4.79 Å². The van der Waals surface area contributed by atoms with Gasteiger partial charge in [-0.15, -0.1) is 0 Å². The first-order valence-electron chi connectivity index (χ1n) is 6.09. The highest BCUT2D eigenvalue weighted by Gasteiger charge is 2.37. The first-order chi connectivity index (χ1) is 7.87. The topological polar surface area (TPSA) is 59.0 Å². The quantitative estimate of drug-likeness (QED) is 0.778. The number of aliphatic hydroxyl groups excluding tert-OH is 1. The van der Waals surface area contributed by atoms with Crippen molar-refractivity contribution in [2.45, 2.75) is 45.1 Å². The molecule has 0 radical (unpaired) electrons. The molecule has 0 aromatic rings. The second-order valence-electron chi connectivity index (χ2n) is 5.28. The highest BCUT2D eigenvalue weighted by molar-refractivity contribution is 6.69. The summed E-state index contributed by atoms with van der Waals surface area (Å²) < 4.78 is 10.9. The maximum Gasteiger partial charge on any atom is 0.410 e. The van der Waals surface area contributed by atoms with Gasteiger partial charge < -0.3 is 19.2 Å². The molecule has 2 unspecified atom stereocenters. The minimum atomic E-state index is -1.61. The smallest absolute Gasteiger partial charge is 0.410 e. The number of rotatable bonds is 4. The molecule has 1 fully saturated rings. The van der Waals surface area contributed by atoms with Gasteiger partial charge >= 0.3 is 6.09 Å². The van der Waals surface area contributed by atoms with Crippen molar-refractivity contribution >= 4 is 14.4 Å². The van der Waals surface area contributed by atoms with Crippen LogP contribution in [0.15, 0.2) is 0 Å². The number of ether oxygens (including phenoxy) is 1. The van der Waals surface area contributed by atoms with Gasteiger partial charge in [-0.25, -0.2) is 4.79 Å². The van der Waals surface area contributed by atoms with Crippen molar-refractivity contribution in [2.75, 3.05) is 19.8 Å². The third kappa shape index (κ3) is 4.29. The van der Waals surface area contributed by atoms with Crippen molar-refractivity contribution in [3.8, 4) is 0 Å². The van der Waals surface area contributed by atoms with Crippen molar-refractivity contribution in [3.63, 3.8) is 0 Å². The molecule has 1 saturated heterocycles. The van der Waals surface area contributed by atoms with Gasteiger partial charge in [-0.05, 0) is 33.0 Å². The lowest BCUT2D eigenvalue weighted by Gasteiger charge is -2.23. The summed E-state index contributed by atoms with van der Waals surface area (Å²) >= 11 is 0. The van der Waals surface area contributed by atoms with Gasteiger partial charge in [0, 0.05) is 6.54 Å². The predicted molar refractivity (Wildman–Crippen MR) is 67.4 cm³/mol. The van der Waals surface area contributed by atoms with Gasteiger partial charge in [-0.1, -0.05) is 0 Å². The fourth-order valence-corrected chi connectivity index (χ4v) is 3.23. The largest absolute Gasteiger partial charge is 0.450 e. The Morgan fingerprint density at radius 1 is 1.47 bits per heavy atom. The van der Waals surface area contributed by atoms with E-state index in [1.54, 1.807) is 11.8 Å². The summed E-state index contributed by atoms with van der Waals surface area (Å²) in [6.07, 6.45) is 0.371. The Morgan fingerprint density at radius 3 is 2.59 bits per heavy atom. The number of nitrogens with zero attached hydrogens (tertiary/aromatic N) is 1. The number of carbonyl (C=O) groups is 1. The zero-order chi connectivity index (χ0) is 13.1. The molecule has 1 aliphatic heterocycles. The van der Waals surface area contributed by atoms with Crippen LogP contribution in [0.5, 0.6) is 0 Å². The summed E-state index contributed by atoms with van der Waals surface area (Å²) in [7, 11) is -1.61. The Hall–Kier alpha value is -0.593. The van der Waals surface area contributed by atoms with Gasteiger partial charge in [-0.2, -0.15) is 0 Å². The molecule has 0 aromatic heterocycles. The van der Waals surface area contributed by atoms with Crippen LogP contribution < -0.4 is 0 Å². The van der Waals surface area contributed by atoms with E-state index in [1.165, 1.54) is 0 Å². The monoisotopic (exact) mass is 261 g/mol. The summed E-state index contributed by atoms with van der Waals surface area (Å²) in [6.45, 7) is 8.97. The van der Waals surface area contributed by atoms with Gasteiger partial charge in [0.2, 0.25) is 0 Å². The number of likely N-dealkylation sites (tertiary alicyclic amines) is 1. The van der Waals surface area contributed by atoms with E-state index in [4.69, 9.17) is 9.16 Å². The fraction of sp³-hybridized carbons (Fsp3) is 0.909. The van der Waals surface area contributed by atoms with Crippen molar-refractivity contribution in [2.24, 2.45) is 0 Å². The minimum Gasteiger partial charge on any atom is -0.450 e. The zero-order valence-electron chi connectivity index (χ0n) is 11.1. The van der Waals surface area contributed by atoms with Gasteiger partial charge in [0.15, 0.2) is 8.32 Å². The Kier molecular flexibility index (Phi) is 4.97. The molecule has 2 atom stereocenters. The van der Waals surface area contributed by atoms with E-state index < -0.39 is 8.32 Å². The Morgan fingerprint density at radius 2 is 2.12 bits per heavy atom. The summed E-state index contributed by atoms with van der Waals surface area (Å²) in [6, 6.07) is -0.171. The van der Waals surface area contributed by atoms with E-state index >= 15 is 0 Å². The molecule has 6 heteroatoms. The lowest BCUT2D eigenvalue weighted by atomic mass is 10.2. The second kappa shape index (κ2) is 5.84. The third-order valence-electron chi connectivity index (χ3n) is 2.61. The SMILES string of the molecule is CCOC(=O)N1CC(O[Si](C)(C)C)CC1CO. The van der Waals surface area contributed by atoms with Crippen molar-refractivity contribution in [1.82, 2.24) is 4.90 Å². The number of hydrogen-bond acceptors (Lipinski definition) is 4. The molecule has 1 N–H and O–H groups in total. The van der Waals surface area contributed by atoms with Gasteiger partial charge in [0.1, 0.15) is 0 Å². The van der Waals surface area contributed by atoms with Gasteiger partial charge in [-0.3, -0.25) is 0 Å². The molecule has 1 amide bonds. The van der Waals surface area contributed by atoms with Crippen LogP contribution in [-0.4, -0.2) is 56.3 Å². The van der Waals surface area contributed by atoms with Crippen LogP contribution in [0.1, 0.15) is 13.3 Å². The number of carbonyl (C=O) groups excluding carboxylic acids is 1. The summed E-state index contributed by atoms with van der Waals surface area (Å²) in [4.78, 5) is 13.3. The van der Waals surface area contributed by atoms with E-state index in [0.717, 1.165) is 0 Å². The average Bonchev–Trinajstić information content (AvgIpc) is 2.58. The van der Waals surface area contributed by atoms with Crippen LogP contribution in [0.2, 0.25) is 19.6 Å². The van der Waals surface area contributed by atoms with E-state index in [1.807, 2.05) is 0 Å². The van der Waals surface area contributed by atoms with Crippen molar-refractivity contribution in [1.29, 1.82) is 0 Å². The highest BCUT2D eigenvalue weighted by Crippen LogP contribution is 2.23.